The average Bonchev–Trinajstić information content (AvgIpc) is 2.60. The summed E-state index contributed by atoms with van der Waals surface area (Å²) in [6, 6.07) is 13.3. The molecule has 3 aromatic rings. The predicted octanol–water partition coefficient (Wildman–Crippen LogP) is 4.67. The number of ether oxygens (including phenoxy) is 1. The largest absolute Gasteiger partial charge is 0.494 e. The first-order valence-electron chi connectivity index (χ1n) is 7.44. The summed E-state index contributed by atoms with van der Waals surface area (Å²) in [4.78, 5) is 16.8. The number of rotatable bonds is 5. The van der Waals surface area contributed by atoms with E-state index in [1.54, 1.807) is 7.11 Å². The number of halogens is 1. The summed E-state index contributed by atoms with van der Waals surface area (Å²) < 4.78 is 18.3. The van der Waals surface area contributed by atoms with Crippen LogP contribution in [-0.4, -0.2) is 23.6 Å². The summed E-state index contributed by atoms with van der Waals surface area (Å²) in [6.07, 6.45) is 0. The van der Waals surface area contributed by atoms with E-state index in [9.17, 15) is 9.18 Å². The van der Waals surface area contributed by atoms with Gasteiger partial charge in [-0.25, -0.2) is 9.37 Å². The molecule has 0 saturated heterocycles. The molecule has 0 N–H and O–H groups in total. The molecule has 0 bridgehead atoms. The van der Waals surface area contributed by atoms with Gasteiger partial charge in [0.2, 0.25) is 0 Å². The predicted molar refractivity (Wildman–Crippen MR) is 94.5 cm³/mol. The van der Waals surface area contributed by atoms with Crippen molar-refractivity contribution in [3.05, 3.63) is 65.5 Å². The fraction of sp³-hybridized carbons (Fsp3) is 0.158. The maximum atomic E-state index is 12.9. The molecule has 0 aliphatic heterocycles. The number of benzene rings is 2. The van der Waals surface area contributed by atoms with Gasteiger partial charge in [0.15, 0.2) is 5.78 Å². The normalized spacial score (nSPS) is 10.8. The van der Waals surface area contributed by atoms with Crippen molar-refractivity contribution in [1.29, 1.82) is 0 Å². The van der Waals surface area contributed by atoms with E-state index < -0.39 is 0 Å². The Kier molecular flexibility index (Phi) is 4.81. The minimum atomic E-state index is -0.349. The number of aryl methyl sites for hydroxylation is 1. The van der Waals surface area contributed by atoms with Crippen LogP contribution in [0.2, 0.25) is 0 Å². The van der Waals surface area contributed by atoms with Crippen LogP contribution in [-0.2, 0) is 0 Å². The Labute approximate surface area is 143 Å². The Morgan fingerprint density at radius 3 is 2.67 bits per heavy atom. The fourth-order valence-electron chi connectivity index (χ4n) is 2.46. The molecule has 0 radical (unpaired) electrons. The number of carbonyl (C=O) groups is 1. The molecule has 0 saturated carbocycles. The van der Waals surface area contributed by atoms with E-state index in [1.165, 1.54) is 36.0 Å². The van der Waals surface area contributed by atoms with Crippen LogP contribution < -0.4 is 4.74 Å². The average molecular weight is 341 g/mol. The molecule has 0 aliphatic rings. The van der Waals surface area contributed by atoms with E-state index in [-0.39, 0.29) is 17.4 Å². The van der Waals surface area contributed by atoms with Crippen LogP contribution in [0.5, 0.6) is 5.75 Å². The number of carbonyl (C=O) groups excluding carboxylic acids is 1. The molecule has 0 amide bonds. The summed E-state index contributed by atoms with van der Waals surface area (Å²) >= 11 is 1.37. The third-order valence-electron chi connectivity index (χ3n) is 3.72. The summed E-state index contributed by atoms with van der Waals surface area (Å²) in [5.41, 5.74) is 2.37. The first-order valence-corrected chi connectivity index (χ1v) is 8.43. The number of thioether (sulfide) groups is 1. The van der Waals surface area contributed by atoms with Gasteiger partial charge in [-0.1, -0.05) is 23.9 Å². The summed E-state index contributed by atoms with van der Waals surface area (Å²) in [7, 11) is 1.61. The van der Waals surface area contributed by atoms with Gasteiger partial charge in [0.05, 0.1) is 17.9 Å². The van der Waals surface area contributed by atoms with E-state index in [0.717, 1.165) is 21.5 Å². The van der Waals surface area contributed by atoms with Crippen molar-refractivity contribution in [3.8, 4) is 5.75 Å². The van der Waals surface area contributed by atoms with Crippen molar-refractivity contribution in [3.63, 3.8) is 0 Å². The van der Waals surface area contributed by atoms with Crippen molar-refractivity contribution in [2.75, 3.05) is 12.9 Å². The van der Waals surface area contributed by atoms with Gasteiger partial charge in [0.1, 0.15) is 17.1 Å². The van der Waals surface area contributed by atoms with E-state index >= 15 is 0 Å². The van der Waals surface area contributed by atoms with E-state index in [2.05, 4.69) is 4.98 Å². The summed E-state index contributed by atoms with van der Waals surface area (Å²) in [5.74, 6) is 0.555. The monoisotopic (exact) mass is 341 g/mol. The van der Waals surface area contributed by atoms with Crippen LogP contribution >= 0.6 is 11.8 Å². The molecule has 1 aromatic heterocycles. The lowest BCUT2D eigenvalue weighted by molar-refractivity contribution is 0.102. The van der Waals surface area contributed by atoms with Gasteiger partial charge < -0.3 is 4.74 Å². The quantitative estimate of drug-likeness (QED) is 0.499. The standard InChI is InChI=1S/C19H16FNO2S/c1-12-10-18(21-19-15(12)4-3-5-17(19)23-2)24-11-16(22)13-6-8-14(20)9-7-13/h3-10H,11H2,1-2H3. The van der Waals surface area contributed by atoms with Crippen LogP contribution in [0.3, 0.4) is 0 Å². The second kappa shape index (κ2) is 7.01. The molecule has 2 aromatic carbocycles. The van der Waals surface area contributed by atoms with Gasteiger partial charge in [0, 0.05) is 10.9 Å². The molecule has 0 unspecified atom stereocenters. The highest BCUT2D eigenvalue weighted by molar-refractivity contribution is 7.99. The van der Waals surface area contributed by atoms with Crippen molar-refractivity contribution in [1.82, 2.24) is 4.98 Å². The molecular weight excluding hydrogens is 325 g/mol. The van der Waals surface area contributed by atoms with Gasteiger partial charge in [-0.2, -0.15) is 0 Å². The maximum Gasteiger partial charge on any atom is 0.173 e. The molecule has 3 nitrogen and oxygen atoms in total. The first-order chi connectivity index (χ1) is 11.6. The van der Waals surface area contributed by atoms with Crippen LogP contribution in [0.25, 0.3) is 10.9 Å². The molecule has 3 rings (SSSR count). The first kappa shape index (κ1) is 16.5. The zero-order chi connectivity index (χ0) is 17.1. The van der Waals surface area contributed by atoms with Crippen LogP contribution in [0.1, 0.15) is 15.9 Å². The van der Waals surface area contributed by atoms with Gasteiger partial charge in [0.25, 0.3) is 0 Å². The number of para-hydroxylation sites is 1. The molecule has 24 heavy (non-hydrogen) atoms. The minimum absolute atomic E-state index is 0.0559. The lowest BCUT2D eigenvalue weighted by Crippen LogP contribution is -2.03. The van der Waals surface area contributed by atoms with E-state index in [4.69, 9.17) is 4.74 Å². The molecule has 1 heterocycles. The summed E-state index contributed by atoms with van der Waals surface area (Å²) in [6.45, 7) is 2.01. The van der Waals surface area contributed by atoms with Crippen molar-refractivity contribution in [2.45, 2.75) is 11.9 Å². The maximum absolute atomic E-state index is 12.9. The zero-order valence-corrected chi connectivity index (χ0v) is 14.2. The van der Waals surface area contributed by atoms with Crippen LogP contribution in [0.15, 0.2) is 53.6 Å². The Morgan fingerprint density at radius 1 is 1.21 bits per heavy atom. The number of methoxy groups -OCH3 is 1. The van der Waals surface area contributed by atoms with Gasteiger partial charge in [-0.15, -0.1) is 0 Å². The number of nitrogens with zero attached hydrogens (tertiary/aromatic N) is 1. The Bertz CT molecular complexity index is 894. The van der Waals surface area contributed by atoms with Crippen molar-refractivity contribution < 1.29 is 13.9 Å². The smallest absolute Gasteiger partial charge is 0.173 e. The highest BCUT2D eigenvalue weighted by Crippen LogP contribution is 2.29. The van der Waals surface area contributed by atoms with Gasteiger partial charge >= 0.3 is 0 Å². The third kappa shape index (κ3) is 3.41. The topological polar surface area (TPSA) is 39.2 Å². The number of ketones is 1. The third-order valence-corrected chi connectivity index (χ3v) is 4.63. The number of aromatic nitrogens is 1. The number of fused-ring (bicyclic) bond motifs is 1. The Morgan fingerprint density at radius 2 is 1.96 bits per heavy atom. The highest BCUT2D eigenvalue weighted by atomic mass is 32.2. The van der Waals surface area contributed by atoms with Crippen molar-refractivity contribution in [2.24, 2.45) is 0 Å². The Balaban J connectivity index is 1.82. The van der Waals surface area contributed by atoms with E-state index in [0.29, 0.717) is 11.3 Å². The van der Waals surface area contributed by atoms with Gasteiger partial charge in [-0.3, -0.25) is 4.79 Å². The molecular formula is C19H16FNO2S. The molecule has 122 valence electrons. The van der Waals surface area contributed by atoms with Crippen LogP contribution in [0.4, 0.5) is 4.39 Å². The lowest BCUT2D eigenvalue weighted by atomic mass is 10.1. The second-order valence-corrected chi connectivity index (χ2v) is 6.35. The fourth-order valence-corrected chi connectivity index (χ4v) is 3.32. The zero-order valence-electron chi connectivity index (χ0n) is 13.4. The number of pyridine rings is 1. The molecule has 0 spiro atoms. The molecule has 5 heteroatoms. The van der Waals surface area contributed by atoms with Gasteiger partial charge in [-0.05, 0) is 48.9 Å². The van der Waals surface area contributed by atoms with Crippen LogP contribution in [0, 0.1) is 12.7 Å². The highest BCUT2D eigenvalue weighted by Gasteiger charge is 2.11. The second-order valence-electron chi connectivity index (χ2n) is 5.35. The Hall–Kier alpha value is -2.40. The molecule has 0 atom stereocenters. The number of Topliss-reactive ketones (excluding diaryl/α,β-unsaturated/α-hetero) is 1. The number of hydrogen-bond donors (Lipinski definition) is 0. The molecule has 0 aliphatic carbocycles. The molecule has 0 fully saturated rings. The summed E-state index contributed by atoms with van der Waals surface area (Å²) in [5, 5.41) is 1.79. The lowest BCUT2D eigenvalue weighted by Gasteiger charge is -2.09. The number of hydrogen-bond acceptors (Lipinski definition) is 4. The minimum Gasteiger partial charge on any atom is -0.494 e. The SMILES string of the molecule is COc1cccc2c(C)cc(SCC(=O)c3ccc(F)cc3)nc12. The van der Waals surface area contributed by atoms with Crippen molar-refractivity contribution >= 4 is 28.4 Å². The van der Waals surface area contributed by atoms with E-state index in [1.807, 2.05) is 31.2 Å².